The highest BCUT2D eigenvalue weighted by Gasteiger charge is 1.90. The predicted octanol–water partition coefficient (Wildman–Crippen LogP) is 2.61. The molecule has 0 aliphatic rings. The van der Waals surface area contributed by atoms with Gasteiger partial charge in [0, 0.05) is 11.4 Å². The maximum atomic E-state index is 3.21. The molecule has 0 amide bonds. The van der Waals surface area contributed by atoms with E-state index in [1.165, 1.54) is 10.5 Å². The van der Waals surface area contributed by atoms with Gasteiger partial charge < -0.3 is 0 Å². The lowest BCUT2D eigenvalue weighted by atomic mass is 10.2. The molecule has 0 aliphatic heterocycles. The van der Waals surface area contributed by atoms with E-state index in [4.69, 9.17) is 0 Å². The lowest BCUT2D eigenvalue weighted by Crippen LogP contribution is -1.99. The first-order chi connectivity index (χ1) is 5.33. The minimum absolute atomic E-state index is 0.999. The summed E-state index contributed by atoms with van der Waals surface area (Å²) in [5.74, 6) is 0. The van der Waals surface area contributed by atoms with Crippen molar-refractivity contribution < 1.29 is 0 Å². The summed E-state index contributed by atoms with van der Waals surface area (Å²) < 4.78 is 3.21. The van der Waals surface area contributed by atoms with Gasteiger partial charge >= 0.3 is 0 Å². The van der Waals surface area contributed by atoms with Crippen LogP contribution in [-0.4, -0.2) is 6.54 Å². The highest BCUT2D eigenvalue weighted by molar-refractivity contribution is 7.97. The zero-order valence-corrected chi connectivity index (χ0v) is 7.74. The summed E-state index contributed by atoms with van der Waals surface area (Å²) in [6.45, 7) is 5.21. The Kier molecular flexibility index (Phi) is 3.46. The van der Waals surface area contributed by atoms with Crippen molar-refractivity contribution >= 4 is 11.9 Å². The molecule has 11 heavy (non-hydrogen) atoms. The third kappa shape index (κ3) is 2.95. The number of aryl methyl sites for hydroxylation is 1. The van der Waals surface area contributed by atoms with E-state index in [1.807, 2.05) is 0 Å². The molecular formula is C9H13NS. The van der Waals surface area contributed by atoms with Gasteiger partial charge in [-0.2, -0.15) is 0 Å². The highest BCUT2D eigenvalue weighted by Crippen LogP contribution is 2.14. The molecule has 1 aromatic rings. The summed E-state index contributed by atoms with van der Waals surface area (Å²) in [6, 6.07) is 8.47. The van der Waals surface area contributed by atoms with Crippen LogP contribution in [0.1, 0.15) is 12.5 Å². The molecule has 1 rings (SSSR count). The molecule has 0 atom stereocenters. The molecule has 0 bridgehead atoms. The number of nitrogens with one attached hydrogen (secondary N) is 1. The van der Waals surface area contributed by atoms with Gasteiger partial charge in [-0.15, -0.1) is 0 Å². The summed E-state index contributed by atoms with van der Waals surface area (Å²) in [5, 5.41) is 0. The van der Waals surface area contributed by atoms with Crippen molar-refractivity contribution in [3.8, 4) is 0 Å². The maximum absolute atomic E-state index is 3.21. The minimum Gasteiger partial charge on any atom is -0.260 e. The van der Waals surface area contributed by atoms with Crippen LogP contribution in [0.15, 0.2) is 29.2 Å². The van der Waals surface area contributed by atoms with Crippen molar-refractivity contribution in [1.82, 2.24) is 4.72 Å². The molecule has 1 N–H and O–H groups in total. The molecule has 0 spiro atoms. The number of benzene rings is 1. The number of hydrogen-bond donors (Lipinski definition) is 1. The third-order valence-corrected chi connectivity index (χ3v) is 2.25. The topological polar surface area (TPSA) is 12.0 Å². The van der Waals surface area contributed by atoms with Crippen LogP contribution < -0.4 is 4.72 Å². The normalized spacial score (nSPS) is 10.0. The average Bonchev–Trinajstić information content (AvgIpc) is 2.01. The van der Waals surface area contributed by atoms with Crippen LogP contribution in [0, 0.1) is 6.92 Å². The monoisotopic (exact) mass is 167 g/mol. The van der Waals surface area contributed by atoms with Crippen molar-refractivity contribution in [2.75, 3.05) is 6.54 Å². The van der Waals surface area contributed by atoms with Gasteiger partial charge in [-0.1, -0.05) is 19.1 Å². The molecule has 0 unspecified atom stereocenters. The zero-order chi connectivity index (χ0) is 8.10. The fourth-order valence-electron chi connectivity index (χ4n) is 0.834. The Balaban J connectivity index is 2.56. The van der Waals surface area contributed by atoms with Crippen molar-refractivity contribution in [3.05, 3.63) is 29.8 Å². The first-order valence-corrected chi connectivity index (χ1v) is 4.61. The van der Waals surface area contributed by atoms with Gasteiger partial charge in [0.25, 0.3) is 0 Å². The molecule has 1 aromatic carbocycles. The molecule has 60 valence electrons. The fourth-order valence-corrected chi connectivity index (χ4v) is 1.54. The molecular weight excluding hydrogens is 154 g/mol. The Morgan fingerprint density at radius 2 is 2.27 bits per heavy atom. The summed E-state index contributed by atoms with van der Waals surface area (Å²) in [4.78, 5) is 1.28. The molecule has 0 fully saturated rings. The Morgan fingerprint density at radius 3 is 2.91 bits per heavy atom. The van der Waals surface area contributed by atoms with Crippen LogP contribution in [0.5, 0.6) is 0 Å². The van der Waals surface area contributed by atoms with Crippen LogP contribution in [0.3, 0.4) is 0 Å². The van der Waals surface area contributed by atoms with Crippen molar-refractivity contribution in [2.24, 2.45) is 0 Å². The smallest absolute Gasteiger partial charge is 0.0230 e. The average molecular weight is 167 g/mol. The van der Waals surface area contributed by atoms with E-state index in [1.54, 1.807) is 11.9 Å². The van der Waals surface area contributed by atoms with Crippen molar-refractivity contribution in [1.29, 1.82) is 0 Å². The molecule has 0 heterocycles. The molecule has 0 radical (unpaired) electrons. The Morgan fingerprint density at radius 1 is 1.45 bits per heavy atom. The second-order valence-electron chi connectivity index (χ2n) is 2.42. The SMILES string of the molecule is CCNSc1cccc(C)c1. The fraction of sp³-hybridized carbons (Fsp3) is 0.333. The van der Waals surface area contributed by atoms with E-state index < -0.39 is 0 Å². The molecule has 0 saturated heterocycles. The van der Waals surface area contributed by atoms with E-state index in [9.17, 15) is 0 Å². The van der Waals surface area contributed by atoms with Gasteiger partial charge in [-0.25, -0.2) is 0 Å². The highest BCUT2D eigenvalue weighted by atomic mass is 32.2. The first kappa shape index (κ1) is 8.62. The van der Waals surface area contributed by atoms with Gasteiger partial charge in [0.15, 0.2) is 0 Å². The van der Waals surface area contributed by atoms with Gasteiger partial charge in [0.1, 0.15) is 0 Å². The van der Waals surface area contributed by atoms with E-state index in [0.717, 1.165) is 6.54 Å². The van der Waals surface area contributed by atoms with E-state index in [-0.39, 0.29) is 0 Å². The van der Waals surface area contributed by atoms with E-state index >= 15 is 0 Å². The Labute approximate surface area is 72.3 Å². The van der Waals surface area contributed by atoms with Crippen molar-refractivity contribution in [2.45, 2.75) is 18.7 Å². The second kappa shape index (κ2) is 4.42. The molecule has 0 saturated carbocycles. The molecule has 0 aromatic heterocycles. The van der Waals surface area contributed by atoms with E-state index in [0.29, 0.717) is 0 Å². The second-order valence-corrected chi connectivity index (χ2v) is 3.38. The number of rotatable bonds is 3. The Hall–Kier alpha value is -0.470. The lowest BCUT2D eigenvalue weighted by molar-refractivity contribution is 1.03. The number of hydrogen-bond acceptors (Lipinski definition) is 2. The summed E-state index contributed by atoms with van der Waals surface area (Å²) >= 11 is 1.68. The summed E-state index contributed by atoms with van der Waals surface area (Å²) in [7, 11) is 0. The van der Waals surface area contributed by atoms with Gasteiger partial charge in [0.2, 0.25) is 0 Å². The van der Waals surface area contributed by atoms with E-state index in [2.05, 4.69) is 42.8 Å². The lowest BCUT2D eigenvalue weighted by Gasteiger charge is -2.00. The summed E-state index contributed by atoms with van der Waals surface area (Å²) in [5.41, 5.74) is 1.31. The summed E-state index contributed by atoms with van der Waals surface area (Å²) in [6.07, 6.45) is 0. The van der Waals surface area contributed by atoms with Crippen LogP contribution in [0.4, 0.5) is 0 Å². The minimum atomic E-state index is 0.999. The largest absolute Gasteiger partial charge is 0.260 e. The third-order valence-electron chi connectivity index (χ3n) is 1.32. The maximum Gasteiger partial charge on any atom is 0.0230 e. The zero-order valence-electron chi connectivity index (χ0n) is 6.92. The van der Waals surface area contributed by atoms with Crippen molar-refractivity contribution in [3.63, 3.8) is 0 Å². The van der Waals surface area contributed by atoms with Gasteiger partial charge in [-0.05, 0) is 36.6 Å². The molecule has 1 nitrogen and oxygen atoms in total. The van der Waals surface area contributed by atoms with Gasteiger partial charge in [-0.3, -0.25) is 4.72 Å². The van der Waals surface area contributed by atoms with Crippen LogP contribution >= 0.6 is 11.9 Å². The quantitative estimate of drug-likeness (QED) is 0.694. The molecule has 0 aliphatic carbocycles. The predicted molar refractivity (Wildman–Crippen MR) is 50.7 cm³/mol. The van der Waals surface area contributed by atoms with Crippen LogP contribution in [0.2, 0.25) is 0 Å². The standard InChI is InChI=1S/C9H13NS/c1-3-10-11-9-6-4-5-8(2)7-9/h4-7,10H,3H2,1-2H3. The van der Waals surface area contributed by atoms with Gasteiger partial charge in [0.05, 0.1) is 0 Å². The first-order valence-electron chi connectivity index (χ1n) is 3.79. The van der Waals surface area contributed by atoms with Crippen LogP contribution in [-0.2, 0) is 0 Å². The van der Waals surface area contributed by atoms with Crippen LogP contribution in [0.25, 0.3) is 0 Å². The Bertz CT molecular complexity index is 223. The molecule has 2 heteroatoms.